The summed E-state index contributed by atoms with van der Waals surface area (Å²) in [5.74, 6) is 0.996. The highest BCUT2D eigenvalue weighted by atomic mass is 19.1. The number of allylic oxidation sites excluding steroid dienone is 1. The van der Waals surface area contributed by atoms with Gasteiger partial charge < -0.3 is 24.3 Å². The van der Waals surface area contributed by atoms with Crippen molar-refractivity contribution in [2.24, 2.45) is 4.99 Å². The van der Waals surface area contributed by atoms with Gasteiger partial charge in [0.2, 0.25) is 0 Å². The summed E-state index contributed by atoms with van der Waals surface area (Å²) in [6.45, 7) is 4.81. The number of methoxy groups -OCH3 is 1. The number of nitrogens with zero attached hydrogens (tertiary/aromatic N) is 3. The fourth-order valence-electron chi connectivity index (χ4n) is 5.00. The summed E-state index contributed by atoms with van der Waals surface area (Å²) < 4.78 is 51.6. The molecular formula is C35H36F2N4O5. The SMILES string of the molecule is CN=C(Cc1ccc(F)cc1)N/C=C(\C=O)c1ccc(Oc2ccnc3cc(OCCCN4CCOCC4)c(OC)cc23)c(F)c1. The molecule has 0 aliphatic carbocycles. The molecule has 11 heteroatoms. The number of carbonyl (C=O) groups is 1. The van der Waals surface area contributed by atoms with E-state index in [-0.39, 0.29) is 17.1 Å². The van der Waals surface area contributed by atoms with E-state index in [4.69, 9.17) is 18.9 Å². The maximum Gasteiger partial charge on any atom is 0.166 e. The molecule has 0 saturated carbocycles. The number of aldehydes is 1. The van der Waals surface area contributed by atoms with Gasteiger partial charge in [0.15, 0.2) is 29.4 Å². The Bertz CT molecular complexity index is 1710. The third-order valence-electron chi connectivity index (χ3n) is 7.53. The van der Waals surface area contributed by atoms with Crippen LogP contribution in [0.3, 0.4) is 0 Å². The maximum absolute atomic E-state index is 15.3. The van der Waals surface area contributed by atoms with E-state index in [0.717, 1.165) is 44.8 Å². The van der Waals surface area contributed by atoms with Crippen LogP contribution in [0.5, 0.6) is 23.0 Å². The van der Waals surface area contributed by atoms with Crippen molar-refractivity contribution in [1.29, 1.82) is 0 Å². The zero-order chi connectivity index (χ0) is 32.3. The number of morpholine rings is 1. The van der Waals surface area contributed by atoms with Gasteiger partial charge in [0.05, 0.1) is 32.4 Å². The molecule has 5 rings (SSSR count). The molecule has 1 aliphatic rings. The smallest absolute Gasteiger partial charge is 0.166 e. The zero-order valence-corrected chi connectivity index (χ0v) is 25.8. The summed E-state index contributed by atoms with van der Waals surface area (Å²) in [5, 5.41) is 3.61. The number of rotatable bonds is 13. The molecule has 3 aromatic carbocycles. The van der Waals surface area contributed by atoms with Crippen LogP contribution in [0.15, 0.2) is 78.1 Å². The van der Waals surface area contributed by atoms with Gasteiger partial charge in [0.1, 0.15) is 17.4 Å². The number of carbonyl (C=O) groups excluding carboxylic acids is 1. The molecule has 0 atom stereocenters. The largest absolute Gasteiger partial charge is 0.493 e. The molecular weight excluding hydrogens is 594 g/mol. The van der Waals surface area contributed by atoms with Crippen molar-refractivity contribution in [1.82, 2.24) is 15.2 Å². The summed E-state index contributed by atoms with van der Waals surface area (Å²) in [5.41, 5.74) is 2.00. The van der Waals surface area contributed by atoms with Crippen molar-refractivity contribution in [3.05, 3.63) is 95.8 Å². The Kier molecular flexibility index (Phi) is 11.3. The second-order valence-corrected chi connectivity index (χ2v) is 10.6. The Morgan fingerprint density at radius 1 is 1.02 bits per heavy atom. The van der Waals surface area contributed by atoms with Crippen LogP contribution in [0.25, 0.3) is 16.5 Å². The Hall–Kier alpha value is -4.87. The van der Waals surface area contributed by atoms with Crippen molar-refractivity contribution in [2.45, 2.75) is 12.8 Å². The summed E-state index contributed by atoms with van der Waals surface area (Å²) in [6, 6.07) is 15.5. The Morgan fingerprint density at radius 3 is 2.54 bits per heavy atom. The van der Waals surface area contributed by atoms with E-state index in [9.17, 15) is 9.18 Å². The first kappa shape index (κ1) is 32.5. The molecule has 0 amide bonds. The van der Waals surface area contributed by atoms with E-state index in [0.29, 0.717) is 58.9 Å². The predicted molar refractivity (Wildman–Crippen MR) is 173 cm³/mol. The van der Waals surface area contributed by atoms with Crippen molar-refractivity contribution >= 4 is 28.6 Å². The van der Waals surface area contributed by atoms with Gasteiger partial charge >= 0.3 is 0 Å². The van der Waals surface area contributed by atoms with Crippen LogP contribution < -0.4 is 19.5 Å². The monoisotopic (exact) mass is 630 g/mol. The predicted octanol–water partition coefficient (Wildman–Crippen LogP) is 5.82. The minimum atomic E-state index is -0.655. The molecule has 46 heavy (non-hydrogen) atoms. The highest BCUT2D eigenvalue weighted by Crippen LogP contribution is 2.38. The molecule has 9 nitrogen and oxygen atoms in total. The highest BCUT2D eigenvalue weighted by molar-refractivity contribution is 6.07. The van der Waals surface area contributed by atoms with Gasteiger partial charge in [0.25, 0.3) is 0 Å². The molecule has 0 bridgehead atoms. The quantitative estimate of drug-likeness (QED) is 0.0650. The number of pyridine rings is 1. The average Bonchev–Trinajstić information content (AvgIpc) is 3.08. The average molecular weight is 631 g/mol. The van der Waals surface area contributed by atoms with E-state index < -0.39 is 5.82 Å². The summed E-state index contributed by atoms with van der Waals surface area (Å²) in [6.07, 6.45) is 4.91. The van der Waals surface area contributed by atoms with E-state index in [1.54, 1.807) is 56.8 Å². The second kappa shape index (κ2) is 15.9. The molecule has 0 radical (unpaired) electrons. The van der Waals surface area contributed by atoms with Gasteiger partial charge in [-0.1, -0.05) is 18.2 Å². The number of aliphatic imine (C=N–C) groups is 1. The number of fused-ring (bicyclic) bond motifs is 1. The number of ether oxygens (including phenoxy) is 4. The zero-order valence-electron chi connectivity index (χ0n) is 25.8. The van der Waals surface area contributed by atoms with Gasteiger partial charge in [-0.05, 0) is 53.9 Å². The second-order valence-electron chi connectivity index (χ2n) is 10.6. The highest BCUT2D eigenvalue weighted by Gasteiger charge is 2.15. The Morgan fingerprint density at radius 2 is 1.83 bits per heavy atom. The summed E-state index contributed by atoms with van der Waals surface area (Å²) >= 11 is 0. The molecule has 1 N–H and O–H groups in total. The number of benzene rings is 3. The third-order valence-corrected chi connectivity index (χ3v) is 7.53. The van der Waals surface area contributed by atoms with Crippen LogP contribution in [0.1, 0.15) is 17.5 Å². The molecule has 1 aliphatic heterocycles. The lowest BCUT2D eigenvalue weighted by Gasteiger charge is -2.26. The lowest BCUT2D eigenvalue weighted by atomic mass is 10.1. The van der Waals surface area contributed by atoms with Gasteiger partial charge in [0, 0.05) is 62.5 Å². The first-order valence-corrected chi connectivity index (χ1v) is 15.0. The number of halogens is 2. The fraction of sp³-hybridized carbons (Fsp3) is 0.286. The van der Waals surface area contributed by atoms with Gasteiger partial charge in [-0.2, -0.15) is 0 Å². The van der Waals surface area contributed by atoms with Crippen LogP contribution in [-0.4, -0.2) is 75.6 Å². The number of amidine groups is 1. The summed E-state index contributed by atoms with van der Waals surface area (Å²) in [4.78, 5) is 22.9. The lowest BCUT2D eigenvalue weighted by Crippen LogP contribution is -2.37. The van der Waals surface area contributed by atoms with E-state index in [1.807, 2.05) is 0 Å². The summed E-state index contributed by atoms with van der Waals surface area (Å²) in [7, 11) is 3.16. The molecule has 0 unspecified atom stereocenters. The molecule has 1 aromatic heterocycles. The molecule has 1 saturated heterocycles. The molecule has 4 aromatic rings. The molecule has 240 valence electrons. The minimum absolute atomic E-state index is 0.0241. The fourth-order valence-corrected chi connectivity index (χ4v) is 5.00. The van der Waals surface area contributed by atoms with E-state index in [2.05, 4.69) is 20.2 Å². The van der Waals surface area contributed by atoms with Crippen LogP contribution in [0.4, 0.5) is 8.78 Å². The number of hydrogen-bond donors (Lipinski definition) is 1. The van der Waals surface area contributed by atoms with Crippen molar-refractivity contribution < 1.29 is 32.5 Å². The van der Waals surface area contributed by atoms with Crippen molar-refractivity contribution in [2.75, 3.05) is 53.6 Å². The number of nitrogens with one attached hydrogen (secondary N) is 1. The first-order valence-electron chi connectivity index (χ1n) is 15.0. The van der Waals surface area contributed by atoms with Crippen LogP contribution >= 0.6 is 0 Å². The van der Waals surface area contributed by atoms with Crippen molar-refractivity contribution in [3.63, 3.8) is 0 Å². The van der Waals surface area contributed by atoms with Gasteiger partial charge in [-0.3, -0.25) is 19.7 Å². The molecule has 1 fully saturated rings. The van der Waals surface area contributed by atoms with Crippen LogP contribution in [-0.2, 0) is 16.0 Å². The van der Waals surface area contributed by atoms with Gasteiger partial charge in [-0.15, -0.1) is 0 Å². The Labute approximate surface area is 266 Å². The maximum atomic E-state index is 15.3. The lowest BCUT2D eigenvalue weighted by molar-refractivity contribution is -0.103. The standard InChI is InChI=1S/C35H36F2N4O5/c1-38-35(18-24-4-7-27(36)8-5-24)40-22-26(23-42)25-6-9-32(29(37)19-25)46-31-10-11-39-30-21-34(33(43-2)20-28(30)31)45-15-3-12-41-13-16-44-17-14-41/h4-11,19-23H,3,12-18H2,1-2H3,(H,38,40)/b26-22+. The van der Waals surface area contributed by atoms with Crippen LogP contribution in [0, 0.1) is 11.6 Å². The van der Waals surface area contributed by atoms with Crippen molar-refractivity contribution in [3.8, 4) is 23.0 Å². The minimum Gasteiger partial charge on any atom is -0.493 e. The van der Waals surface area contributed by atoms with Crippen LogP contribution in [0.2, 0.25) is 0 Å². The van der Waals surface area contributed by atoms with E-state index in [1.165, 1.54) is 30.5 Å². The van der Waals surface area contributed by atoms with Gasteiger partial charge in [-0.25, -0.2) is 8.78 Å². The third kappa shape index (κ3) is 8.43. The number of hydrogen-bond acceptors (Lipinski definition) is 8. The molecule has 0 spiro atoms. The normalized spacial score (nSPS) is 14.3. The molecule has 2 heterocycles. The topological polar surface area (TPSA) is 94.5 Å². The Balaban J connectivity index is 1.27. The number of aromatic nitrogens is 1. The first-order chi connectivity index (χ1) is 22.5. The van der Waals surface area contributed by atoms with E-state index >= 15 is 4.39 Å².